The van der Waals surface area contributed by atoms with Gasteiger partial charge in [0, 0.05) is 121 Å². The highest BCUT2D eigenvalue weighted by Crippen LogP contribution is 2.27. The largest absolute Gasteiger partial charge is 0.494 e. The van der Waals surface area contributed by atoms with E-state index in [9.17, 15) is 0 Å². The quantitative estimate of drug-likeness (QED) is 0.0121. The van der Waals surface area contributed by atoms with Crippen molar-refractivity contribution >= 4 is 103 Å². The number of benzene rings is 6. The van der Waals surface area contributed by atoms with Crippen LogP contribution in [0.5, 0.6) is 34.5 Å². The van der Waals surface area contributed by atoms with E-state index in [-0.39, 0.29) is 50.9 Å². The lowest BCUT2D eigenvalue weighted by atomic mass is 10.1. The molecule has 0 fully saturated rings. The van der Waals surface area contributed by atoms with Crippen molar-refractivity contribution in [3.05, 3.63) is 236 Å². The molecule has 0 saturated heterocycles. The zero-order valence-electron chi connectivity index (χ0n) is 82.1. The van der Waals surface area contributed by atoms with E-state index in [1.54, 1.807) is 0 Å². The lowest BCUT2D eigenvalue weighted by molar-refractivity contribution is -0.697. The van der Waals surface area contributed by atoms with E-state index in [1.165, 1.54) is 253 Å². The van der Waals surface area contributed by atoms with E-state index in [0.717, 1.165) is 155 Å². The molecule has 3 heterocycles. The SMILES string of the molecule is Br.Br.Br.CCCCCCCCCCOc1ccc(C=Nc2ccc(OCCCCCCCCC[n+]3ccc(N(C)C)cc3)cc2)cc1.CCCCCCCCOc1ccc(/C=C/c2ccc(OCCCCCCCCC[n+]3ccc(N(C)C)cc3)cc2)cc1.CCCCCCCCOc1ccc(N=Nc2ccc(OCCCCCCCCC[n+]3ccc(N(C)C)cc3)cc2)cc1. The molecule has 131 heavy (non-hydrogen) atoms. The average molecular weight is 1990 g/mol. The van der Waals surface area contributed by atoms with Crippen molar-refractivity contribution in [3.8, 4) is 34.5 Å². The number of aliphatic imine (C=N–C) groups is 1. The Balaban J connectivity index is 0.000000407. The lowest BCUT2D eigenvalue weighted by Crippen LogP contribution is -2.32. The average Bonchev–Trinajstić information content (AvgIpc) is 1.08. The summed E-state index contributed by atoms with van der Waals surface area (Å²) in [5, 5.41) is 8.72. The topological polar surface area (TPSA) is 114 Å². The van der Waals surface area contributed by atoms with Crippen molar-refractivity contribution in [3.63, 3.8) is 0 Å². The van der Waals surface area contributed by atoms with E-state index < -0.39 is 0 Å². The number of unbranched alkanes of at least 4 members (excludes halogenated alkanes) is 35. The third kappa shape index (κ3) is 55.6. The molecule has 0 spiro atoms. The number of hydrogen-bond acceptors (Lipinski definition) is 12. The van der Waals surface area contributed by atoms with Crippen LogP contribution in [0.15, 0.2) is 234 Å². The third-order valence-electron chi connectivity index (χ3n) is 23.2. The molecule has 0 saturated carbocycles. The predicted molar refractivity (Wildman–Crippen MR) is 572 cm³/mol. The van der Waals surface area contributed by atoms with Gasteiger partial charge in [0.2, 0.25) is 0 Å². The summed E-state index contributed by atoms with van der Waals surface area (Å²) in [7, 11) is 12.5. The zero-order valence-corrected chi connectivity index (χ0v) is 87.2. The Bertz CT molecular complexity index is 4070. The van der Waals surface area contributed by atoms with Gasteiger partial charge < -0.3 is 43.1 Å². The molecular weight excluding hydrogens is 1820 g/mol. The van der Waals surface area contributed by atoms with Crippen molar-refractivity contribution in [2.24, 2.45) is 15.2 Å². The number of halogens is 3. The van der Waals surface area contributed by atoms with Gasteiger partial charge in [0.1, 0.15) is 54.1 Å². The summed E-state index contributed by atoms with van der Waals surface area (Å²) in [6, 6.07) is 61.8. The Kier molecular flexibility index (Phi) is 66.4. The summed E-state index contributed by atoms with van der Waals surface area (Å²) in [5.41, 5.74) is 9.73. The van der Waals surface area contributed by atoms with Gasteiger partial charge in [0.05, 0.1) is 56.7 Å². The standard InChI is InChI=1S/C39H58N3O2.C38H55N2O2.C36H53N4O2.3BrH/c1-4-5-6-7-8-11-14-17-32-43-38-23-19-35(20-24-38)34-40-36-21-25-39(26-22-36)44-33-18-15-12-9-10-13-16-29-42-30-27-37(28-31-42)41(2)3;1-4-5-6-7-12-15-32-41-37-23-19-34(20-24-37)17-18-35-21-25-38(26-22-35)42-33-16-13-10-8-9-11-14-29-40-30-27-36(28-31-40)39(2)3;1-4-5-6-7-12-15-30-41-35-21-17-32(18-22-35)37-38-33-19-23-36(24-20-33)42-31-16-13-10-8-9-11-14-27-40-28-25-34(26-29-40)39(2)3;;;/h19-28,30-31,34H,4-18,29,32-33H2,1-3H3;17-28,30-31H,4-16,29,32-33H2,1-3H3;17-26,28-29H,4-16,27,30-31H2,1-3H3;3*1H/q3*+1;;;/b;18-17+;;;;. The summed E-state index contributed by atoms with van der Waals surface area (Å²) < 4.78 is 42.4. The van der Waals surface area contributed by atoms with E-state index >= 15 is 0 Å². The predicted octanol–water partition coefficient (Wildman–Crippen LogP) is 31.6. The van der Waals surface area contributed by atoms with Crippen LogP contribution in [-0.2, 0) is 19.6 Å². The highest BCUT2D eigenvalue weighted by molar-refractivity contribution is 8.93. The van der Waals surface area contributed by atoms with Crippen LogP contribution in [-0.4, -0.2) is 88.1 Å². The summed E-state index contributed by atoms with van der Waals surface area (Å²) in [6.45, 7) is 14.8. The molecule has 0 amide bonds. The molecule has 15 nitrogen and oxygen atoms in total. The van der Waals surface area contributed by atoms with Crippen molar-refractivity contribution in [2.75, 3.05) is 96.6 Å². The fourth-order valence-corrected chi connectivity index (χ4v) is 15.0. The molecule has 0 unspecified atom stereocenters. The van der Waals surface area contributed by atoms with Crippen LogP contribution >= 0.6 is 50.9 Å². The van der Waals surface area contributed by atoms with Gasteiger partial charge in [-0.1, -0.05) is 243 Å². The van der Waals surface area contributed by atoms with Gasteiger partial charge in [-0.3, -0.25) is 4.99 Å². The smallest absolute Gasteiger partial charge is 0.170 e. The van der Waals surface area contributed by atoms with Crippen LogP contribution in [0.25, 0.3) is 12.2 Å². The molecule has 9 aromatic rings. The van der Waals surface area contributed by atoms with E-state index in [0.29, 0.717) is 0 Å². The minimum atomic E-state index is 0. The van der Waals surface area contributed by atoms with Crippen LogP contribution in [0, 0.1) is 0 Å². The van der Waals surface area contributed by atoms with Gasteiger partial charge in [-0.25, -0.2) is 13.7 Å². The number of aromatic nitrogens is 3. The molecule has 0 aliphatic rings. The van der Waals surface area contributed by atoms with Gasteiger partial charge in [-0.2, -0.15) is 10.2 Å². The maximum atomic E-state index is 5.97. The Hall–Kier alpha value is -8.58. The number of azo groups is 1. The monoisotopic (exact) mass is 1990 g/mol. The molecule has 720 valence electrons. The number of rotatable bonds is 68. The Morgan fingerprint density at radius 1 is 0.221 bits per heavy atom. The van der Waals surface area contributed by atoms with Crippen LogP contribution in [0.4, 0.5) is 34.1 Å². The maximum Gasteiger partial charge on any atom is 0.170 e. The minimum absolute atomic E-state index is 0. The molecular formula is C113H169Br3N9O6+3. The first-order chi connectivity index (χ1) is 62.9. The van der Waals surface area contributed by atoms with Crippen LogP contribution in [0.3, 0.4) is 0 Å². The Morgan fingerprint density at radius 3 is 0.634 bits per heavy atom. The molecule has 0 aliphatic carbocycles. The van der Waals surface area contributed by atoms with Gasteiger partial charge in [0.25, 0.3) is 0 Å². The number of hydrogen-bond donors (Lipinski definition) is 0. The number of anilines is 3. The van der Waals surface area contributed by atoms with Gasteiger partial charge >= 0.3 is 0 Å². The van der Waals surface area contributed by atoms with Crippen LogP contribution in [0.1, 0.15) is 301 Å². The summed E-state index contributed by atoms with van der Waals surface area (Å²) >= 11 is 0. The molecule has 0 atom stereocenters. The number of aryl methyl sites for hydroxylation is 3. The molecule has 18 heteroatoms. The molecule has 0 aliphatic heterocycles. The second kappa shape index (κ2) is 75.8. The van der Waals surface area contributed by atoms with E-state index in [1.807, 2.05) is 91.1 Å². The highest BCUT2D eigenvalue weighted by atomic mass is 79.9. The zero-order chi connectivity index (χ0) is 90.4. The first kappa shape index (κ1) is 115. The minimum Gasteiger partial charge on any atom is -0.494 e. The Morgan fingerprint density at radius 2 is 0.412 bits per heavy atom. The molecule has 3 aromatic heterocycles. The fourth-order valence-electron chi connectivity index (χ4n) is 15.0. The fraction of sp³-hybridized carbons (Fsp3) is 0.522. The molecule has 9 rings (SSSR count). The van der Waals surface area contributed by atoms with Crippen LogP contribution in [0.2, 0.25) is 0 Å². The second-order valence-electron chi connectivity index (χ2n) is 35.1. The van der Waals surface area contributed by atoms with Gasteiger partial charge in [0.15, 0.2) is 37.2 Å². The molecule has 0 radical (unpaired) electrons. The lowest BCUT2D eigenvalue weighted by Gasteiger charge is -2.10. The first-order valence-corrected chi connectivity index (χ1v) is 49.9. The second-order valence-corrected chi connectivity index (χ2v) is 35.1. The normalized spacial score (nSPS) is 11.0. The van der Waals surface area contributed by atoms with E-state index in [2.05, 4.69) is 253 Å². The van der Waals surface area contributed by atoms with Gasteiger partial charge in [-0.15, -0.1) is 50.9 Å². The molecule has 6 aromatic carbocycles. The van der Waals surface area contributed by atoms with Gasteiger partial charge in [-0.05, 0) is 196 Å². The van der Waals surface area contributed by atoms with E-state index in [4.69, 9.17) is 28.4 Å². The van der Waals surface area contributed by atoms with Crippen molar-refractivity contribution < 1.29 is 42.1 Å². The number of pyridine rings is 3. The molecule has 0 N–H and O–H groups in total. The number of nitrogens with zero attached hydrogens (tertiary/aromatic N) is 9. The number of ether oxygens (including phenoxy) is 6. The maximum absolute atomic E-state index is 5.97. The van der Waals surface area contributed by atoms with Crippen molar-refractivity contribution in [2.45, 2.75) is 304 Å². The van der Waals surface area contributed by atoms with Crippen molar-refractivity contribution in [1.82, 2.24) is 0 Å². The summed E-state index contributed by atoms with van der Waals surface area (Å²) in [4.78, 5) is 11.0. The Labute approximate surface area is 825 Å². The van der Waals surface area contributed by atoms with Crippen LogP contribution < -0.4 is 56.8 Å². The van der Waals surface area contributed by atoms with Crippen molar-refractivity contribution in [1.29, 1.82) is 0 Å². The molecule has 0 bridgehead atoms. The first-order valence-electron chi connectivity index (χ1n) is 49.9. The highest BCUT2D eigenvalue weighted by Gasteiger charge is 2.10. The summed E-state index contributed by atoms with van der Waals surface area (Å²) in [5.74, 6) is 5.54. The summed E-state index contributed by atoms with van der Waals surface area (Å²) in [6.07, 6.45) is 71.6. The third-order valence-corrected chi connectivity index (χ3v) is 23.2.